The number of rotatable bonds is 2. The van der Waals surface area contributed by atoms with Crippen molar-refractivity contribution in [2.45, 2.75) is 31.2 Å². The van der Waals surface area contributed by atoms with Crippen molar-refractivity contribution < 1.29 is 4.79 Å². The van der Waals surface area contributed by atoms with Crippen LogP contribution in [-0.4, -0.2) is 27.2 Å². The van der Waals surface area contributed by atoms with Gasteiger partial charge in [-0.3, -0.25) is 9.78 Å². The van der Waals surface area contributed by atoms with Gasteiger partial charge in [0.1, 0.15) is 0 Å². The highest BCUT2D eigenvalue weighted by Gasteiger charge is 2.62. The van der Waals surface area contributed by atoms with Crippen LogP contribution in [0.3, 0.4) is 0 Å². The molecule has 17 heavy (non-hydrogen) atoms. The van der Waals surface area contributed by atoms with Crippen LogP contribution in [0.5, 0.6) is 0 Å². The molecule has 0 spiro atoms. The Bertz CT molecular complexity index is 506. The summed E-state index contributed by atoms with van der Waals surface area (Å²) in [6.45, 7) is 0. The smallest absolute Gasteiger partial charge is 0.249 e. The van der Waals surface area contributed by atoms with E-state index in [2.05, 4.69) is 10.1 Å². The summed E-state index contributed by atoms with van der Waals surface area (Å²) in [5.41, 5.74) is 1.74. The van der Waals surface area contributed by atoms with E-state index in [9.17, 15) is 4.79 Å². The van der Waals surface area contributed by atoms with Gasteiger partial charge in [0.05, 0.1) is 23.4 Å². The number of hydrogen-bond acceptors (Lipinski definition) is 3. The van der Waals surface area contributed by atoms with E-state index < -0.39 is 0 Å². The normalized spacial score (nSPS) is 34.1. The lowest BCUT2D eigenvalue weighted by molar-refractivity contribution is -0.168. The summed E-state index contributed by atoms with van der Waals surface area (Å²) in [5, 5.41) is 6.26. The Morgan fingerprint density at radius 2 is 2.12 bits per heavy atom. The van der Waals surface area contributed by atoms with Crippen LogP contribution in [0, 0.1) is 5.92 Å². The molecule has 0 radical (unpaired) electrons. The number of aromatic nitrogens is 1. The monoisotopic (exact) mass is 227 g/mol. The van der Waals surface area contributed by atoms with E-state index in [1.807, 2.05) is 18.2 Å². The molecule has 3 aliphatic carbocycles. The van der Waals surface area contributed by atoms with Crippen molar-refractivity contribution >= 4 is 11.6 Å². The van der Waals surface area contributed by atoms with Crippen LogP contribution < -0.4 is 0 Å². The fraction of sp³-hybridized carbons (Fsp3) is 0.462. The fourth-order valence-electron chi connectivity index (χ4n) is 3.17. The zero-order valence-corrected chi connectivity index (χ0v) is 9.47. The Balaban J connectivity index is 1.66. The highest BCUT2D eigenvalue weighted by Crippen LogP contribution is 2.61. The largest absolute Gasteiger partial charge is 0.272 e. The second-order valence-corrected chi connectivity index (χ2v) is 5.35. The molecule has 1 amide bonds. The van der Waals surface area contributed by atoms with Crippen LogP contribution >= 0.6 is 0 Å². The zero-order valence-electron chi connectivity index (χ0n) is 9.47. The third-order valence-electron chi connectivity index (χ3n) is 4.19. The van der Waals surface area contributed by atoms with Gasteiger partial charge in [0.2, 0.25) is 5.91 Å². The zero-order chi connectivity index (χ0) is 11.5. The molecule has 4 heteroatoms. The van der Waals surface area contributed by atoms with Crippen LogP contribution in [0.2, 0.25) is 0 Å². The second-order valence-electron chi connectivity index (χ2n) is 5.35. The lowest BCUT2D eigenvalue weighted by Crippen LogP contribution is -2.67. The van der Waals surface area contributed by atoms with E-state index in [-0.39, 0.29) is 11.4 Å². The molecule has 1 aromatic heterocycles. The van der Waals surface area contributed by atoms with E-state index in [1.165, 1.54) is 0 Å². The van der Waals surface area contributed by atoms with Gasteiger partial charge in [-0.2, -0.15) is 5.10 Å². The van der Waals surface area contributed by atoms with Gasteiger partial charge in [0.25, 0.3) is 0 Å². The summed E-state index contributed by atoms with van der Waals surface area (Å²) in [7, 11) is 0. The summed E-state index contributed by atoms with van der Waals surface area (Å²) in [6, 6.07) is 5.72. The third-order valence-corrected chi connectivity index (χ3v) is 4.19. The molecule has 3 fully saturated rings. The molecule has 3 saturated carbocycles. The van der Waals surface area contributed by atoms with Crippen molar-refractivity contribution in [3.63, 3.8) is 0 Å². The Morgan fingerprint density at radius 3 is 2.71 bits per heavy atom. The number of hydrogen-bond donors (Lipinski definition) is 0. The van der Waals surface area contributed by atoms with E-state index in [1.54, 1.807) is 11.2 Å². The van der Waals surface area contributed by atoms with Gasteiger partial charge in [-0.05, 0) is 37.3 Å². The average Bonchev–Trinajstić information content (AvgIpc) is 2.58. The third kappa shape index (κ3) is 1.15. The minimum atomic E-state index is 0.0955. The summed E-state index contributed by atoms with van der Waals surface area (Å²) in [5.74, 6) is 1.00. The number of nitrogens with zero attached hydrogens (tertiary/aromatic N) is 3. The lowest BCUT2D eigenvalue weighted by Gasteiger charge is -2.63. The highest BCUT2D eigenvalue weighted by atomic mass is 16.2. The molecule has 2 heterocycles. The standard InChI is InChI=1S/C13H13N3O/c17-12-5-11(10-3-1-2-4-14-10)15-16(12)13-6-9(7-13)8-13/h1-4,9H,5-8H2. The molecule has 1 aromatic rings. The van der Waals surface area contributed by atoms with Crippen LogP contribution in [0.15, 0.2) is 29.5 Å². The highest BCUT2D eigenvalue weighted by molar-refractivity contribution is 6.12. The maximum absolute atomic E-state index is 12.0. The van der Waals surface area contributed by atoms with Gasteiger partial charge in [-0.15, -0.1) is 0 Å². The summed E-state index contributed by atoms with van der Waals surface area (Å²) < 4.78 is 0. The molecule has 86 valence electrons. The van der Waals surface area contributed by atoms with E-state index in [4.69, 9.17) is 0 Å². The van der Waals surface area contributed by atoms with Crippen molar-refractivity contribution in [3.05, 3.63) is 30.1 Å². The Labute approximate surface area is 99.3 Å². The summed E-state index contributed by atoms with van der Waals surface area (Å²) in [4.78, 5) is 16.3. The molecule has 0 unspecified atom stereocenters. The van der Waals surface area contributed by atoms with Gasteiger partial charge < -0.3 is 0 Å². The predicted octanol–water partition coefficient (Wildman–Crippen LogP) is 1.57. The SMILES string of the molecule is O=C1CC(c2ccccn2)=NN1C12CC(C1)C2. The van der Waals surface area contributed by atoms with Crippen LogP contribution in [0.4, 0.5) is 0 Å². The molecule has 2 bridgehead atoms. The van der Waals surface area contributed by atoms with Crippen LogP contribution in [-0.2, 0) is 4.79 Å². The first-order chi connectivity index (χ1) is 8.27. The van der Waals surface area contributed by atoms with Gasteiger partial charge in [-0.1, -0.05) is 6.07 Å². The molecule has 0 atom stereocenters. The van der Waals surface area contributed by atoms with Crippen molar-refractivity contribution in [1.29, 1.82) is 0 Å². The minimum Gasteiger partial charge on any atom is -0.272 e. The fourth-order valence-corrected chi connectivity index (χ4v) is 3.17. The first-order valence-corrected chi connectivity index (χ1v) is 6.09. The summed E-state index contributed by atoms with van der Waals surface area (Å²) >= 11 is 0. The van der Waals surface area contributed by atoms with Gasteiger partial charge in [0.15, 0.2) is 0 Å². The van der Waals surface area contributed by atoms with E-state index >= 15 is 0 Å². The number of carbonyl (C=O) groups excluding carboxylic acids is 1. The number of carbonyl (C=O) groups is 1. The molecule has 0 N–H and O–H groups in total. The molecule has 5 rings (SSSR count). The second kappa shape index (κ2) is 2.94. The number of amides is 1. The Morgan fingerprint density at radius 1 is 1.29 bits per heavy atom. The lowest BCUT2D eigenvalue weighted by atomic mass is 9.49. The van der Waals surface area contributed by atoms with Gasteiger partial charge in [-0.25, -0.2) is 5.01 Å². The average molecular weight is 227 g/mol. The molecule has 4 aliphatic rings. The molecule has 0 saturated heterocycles. The Kier molecular flexibility index (Phi) is 1.62. The quantitative estimate of drug-likeness (QED) is 0.769. The number of pyridine rings is 1. The van der Waals surface area contributed by atoms with Gasteiger partial charge >= 0.3 is 0 Å². The van der Waals surface area contributed by atoms with Crippen LogP contribution in [0.1, 0.15) is 31.4 Å². The molecule has 1 aliphatic heterocycles. The topological polar surface area (TPSA) is 45.6 Å². The summed E-state index contributed by atoms with van der Waals surface area (Å²) in [6.07, 6.45) is 5.60. The molecule has 0 aromatic carbocycles. The predicted molar refractivity (Wildman–Crippen MR) is 62.3 cm³/mol. The molecule has 4 nitrogen and oxygen atoms in total. The maximum atomic E-state index is 12.0. The maximum Gasteiger partial charge on any atom is 0.249 e. The van der Waals surface area contributed by atoms with Crippen LogP contribution in [0.25, 0.3) is 0 Å². The Hall–Kier alpha value is -1.71. The first-order valence-electron chi connectivity index (χ1n) is 6.09. The number of hydrazone groups is 1. The van der Waals surface area contributed by atoms with Gasteiger partial charge in [0, 0.05) is 6.20 Å². The van der Waals surface area contributed by atoms with E-state index in [0.29, 0.717) is 6.42 Å². The molecular formula is C13H13N3O. The van der Waals surface area contributed by atoms with Crippen molar-refractivity contribution in [2.24, 2.45) is 11.0 Å². The van der Waals surface area contributed by atoms with Crippen molar-refractivity contribution in [2.75, 3.05) is 0 Å². The van der Waals surface area contributed by atoms with E-state index in [0.717, 1.165) is 36.6 Å². The minimum absolute atomic E-state index is 0.0955. The first kappa shape index (κ1) is 9.33. The van der Waals surface area contributed by atoms with Crippen molar-refractivity contribution in [1.82, 2.24) is 9.99 Å². The molecular weight excluding hydrogens is 214 g/mol. The van der Waals surface area contributed by atoms with Crippen molar-refractivity contribution in [3.8, 4) is 0 Å².